The molecule has 1 aliphatic heterocycles. The van der Waals surface area contributed by atoms with Gasteiger partial charge in [-0.25, -0.2) is 0 Å². The van der Waals surface area contributed by atoms with E-state index in [9.17, 15) is 14.4 Å². The Bertz CT molecular complexity index is 644. The molecule has 1 unspecified atom stereocenters. The third kappa shape index (κ3) is 3.78. The van der Waals surface area contributed by atoms with Crippen LogP contribution in [0.2, 0.25) is 0 Å². The van der Waals surface area contributed by atoms with Crippen molar-refractivity contribution in [1.82, 2.24) is 5.32 Å². The molecule has 1 atom stereocenters. The number of carbonyl (C=O) groups excluding carboxylic acids is 3. The third-order valence-electron chi connectivity index (χ3n) is 2.92. The van der Waals surface area contributed by atoms with Gasteiger partial charge in [0.1, 0.15) is 18.1 Å². The van der Waals surface area contributed by atoms with E-state index >= 15 is 0 Å². The molecule has 0 aliphatic carbocycles. The zero-order chi connectivity index (χ0) is 16.3. The molecule has 0 aromatic heterocycles. The third-order valence-corrected chi connectivity index (χ3v) is 2.92. The number of fused-ring (bicyclic) bond motifs is 1. The Hall–Kier alpha value is -2.50. The molecule has 6 nitrogen and oxygen atoms in total. The van der Waals surface area contributed by atoms with Crippen molar-refractivity contribution in [2.45, 2.75) is 26.4 Å². The van der Waals surface area contributed by atoms with Gasteiger partial charge < -0.3 is 10.1 Å². The van der Waals surface area contributed by atoms with E-state index in [0.717, 1.165) is 0 Å². The molecular weight excluding hydrogens is 284 g/mol. The molecule has 1 aliphatic rings. The minimum absolute atomic E-state index is 0.282. The maximum Gasteiger partial charge on any atom is 0.325 e. The number of para-hydroxylation sites is 1. The summed E-state index contributed by atoms with van der Waals surface area (Å²) in [6, 6.07) is 6.82. The summed E-state index contributed by atoms with van der Waals surface area (Å²) < 4.78 is 5.09. The molecule has 0 radical (unpaired) electrons. The molecule has 1 amide bonds. The Morgan fingerprint density at radius 1 is 1.27 bits per heavy atom. The molecule has 6 heteroatoms. The van der Waals surface area contributed by atoms with Crippen LogP contribution in [-0.2, 0) is 14.3 Å². The summed E-state index contributed by atoms with van der Waals surface area (Å²) in [4.78, 5) is 40.0. The first-order valence-electron chi connectivity index (χ1n) is 6.95. The highest BCUT2D eigenvalue weighted by Gasteiger charge is 2.30. The van der Waals surface area contributed by atoms with E-state index in [-0.39, 0.29) is 12.3 Å². The van der Waals surface area contributed by atoms with Crippen molar-refractivity contribution in [3.8, 4) is 0 Å². The van der Waals surface area contributed by atoms with E-state index in [0.29, 0.717) is 11.3 Å². The fourth-order valence-corrected chi connectivity index (χ4v) is 2.02. The largest absolute Gasteiger partial charge is 0.459 e. The summed E-state index contributed by atoms with van der Waals surface area (Å²) in [7, 11) is 0. The van der Waals surface area contributed by atoms with Gasteiger partial charge in [-0.05, 0) is 32.9 Å². The van der Waals surface area contributed by atoms with Gasteiger partial charge in [0.15, 0.2) is 5.78 Å². The maximum atomic E-state index is 12.3. The lowest BCUT2D eigenvalue weighted by molar-refractivity contribution is -0.154. The van der Waals surface area contributed by atoms with Crippen LogP contribution in [0.3, 0.4) is 0 Å². The summed E-state index contributed by atoms with van der Waals surface area (Å²) in [6.07, 6.45) is 1.30. The predicted molar refractivity (Wildman–Crippen MR) is 81.3 cm³/mol. The first kappa shape index (κ1) is 15.9. The van der Waals surface area contributed by atoms with Crippen molar-refractivity contribution in [3.63, 3.8) is 0 Å². The topological polar surface area (TPSA) is 84.8 Å². The van der Waals surface area contributed by atoms with E-state index in [1.807, 2.05) is 0 Å². The number of benzene rings is 1. The van der Waals surface area contributed by atoms with Crippen molar-refractivity contribution < 1.29 is 19.1 Å². The number of amides is 1. The molecule has 0 bridgehead atoms. The van der Waals surface area contributed by atoms with Crippen molar-refractivity contribution in [2.24, 2.45) is 10.9 Å². The highest BCUT2D eigenvalue weighted by Crippen LogP contribution is 2.25. The van der Waals surface area contributed by atoms with Crippen molar-refractivity contribution >= 4 is 29.6 Å². The molecule has 22 heavy (non-hydrogen) atoms. The van der Waals surface area contributed by atoms with Crippen molar-refractivity contribution in [2.75, 3.05) is 6.54 Å². The van der Waals surface area contributed by atoms with Crippen LogP contribution in [0.4, 0.5) is 5.69 Å². The SMILES string of the molecule is CC(C)(C)OC(=O)CNC(=O)C1C=Nc2ccccc2C1=O. The van der Waals surface area contributed by atoms with Crippen LogP contribution in [0, 0.1) is 5.92 Å². The highest BCUT2D eigenvalue weighted by atomic mass is 16.6. The fraction of sp³-hybridized carbons (Fsp3) is 0.375. The van der Waals surface area contributed by atoms with Crippen LogP contribution in [0.1, 0.15) is 31.1 Å². The Morgan fingerprint density at radius 2 is 1.95 bits per heavy atom. The number of Topliss-reactive ketones (excluding diaryl/α,β-unsaturated/α-hetero) is 1. The Balaban J connectivity index is 1.98. The quantitative estimate of drug-likeness (QED) is 0.679. The average molecular weight is 302 g/mol. The summed E-state index contributed by atoms with van der Waals surface area (Å²) in [6.45, 7) is 4.93. The van der Waals surface area contributed by atoms with Crippen LogP contribution < -0.4 is 5.32 Å². The minimum Gasteiger partial charge on any atom is -0.459 e. The van der Waals surface area contributed by atoms with Gasteiger partial charge in [-0.3, -0.25) is 19.4 Å². The van der Waals surface area contributed by atoms with E-state index in [4.69, 9.17) is 4.74 Å². The smallest absolute Gasteiger partial charge is 0.325 e. The molecule has 1 aromatic rings. The number of rotatable bonds is 3. The highest BCUT2D eigenvalue weighted by molar-refractivity contribution is 6.23. The van der Waals surface area contributed by atoms with E-state index < -0.39 is 23.4 Å². The first-order chi connectivity index (χ1) is 10.3. The summed E-state index contributed by atoms with van der Waals surface area (Å²) in [5.74, 6) is -2.46. The second-order valence-electron chi connectivity index (χ2n) is 5.94. The summed E-state index contributed by atoms with van der Waals surface area (Å²) in [5.41, 5.74) is 0.328. The van der Waals surface area contributed by atoms with Crippen LogP contribution >= 0.6 is 0 Å². The molecular formula is C16H18N2O4. The Kier molecular flexibility index (Phi) is 4.40. The van der Waals surface area contributed by atoms with Gasteiger partial charge in [0.25, 0.3) is 0 Å². The molecule has 116 valence electrons. The van der Waals surface area contributed by atoms with Gasteiger partial charge in [0.2, 0.25) is 5.91 Å². The predicted octanol–water partition coefficient (Wildman–Crippen LogP) is 1.66. The van der Waals surface area contributed by atoms with E-state index in [2.05, 4.69) is 10.3 Å². The molecule has 1 heterocycles. The number of nitrogens with zero attached hydrogens (tertiary/aromatic N) is 1. The Labute approximate surface area is 128 Å². The monoisotopic (exact) mass is 302 g/mol. The van der Waals surface area contributed by atoms with Crippen molar-refractivity contribution in [3.05, 3.63) is 29.8 Å². The Morgan fingerprint density at radius 3 is 2.64 bits per heavy atom. The molecule has 1 N–H and O–H groups in total. The van der Waals surface area contributed by atoms with Gasteiger partial charge in [-0.1, -0.05) is 12.1 Å². The first-order valence-corrected chi connectivity index (χ1v) is 6.95. The van der Waals surface area contributed by atoms with E-state index in [1.165, 1.54) is 6.21 Å². The van der Waals surface area contributed by atoms with Gasteiger partial charge in [0, 0.05) is 11.8 Å². The second kappa shape index (κ2) is 6.09. The van der Waals surface area contributed by atoms with Gasteiger partial charge in [-0.15, -0.1) is 0 Å². The minimum atomic E-state index is -1.02. The molecule has 0 saturated carbocycles. The maximum absolute atomic E-state index is 12.3. The van der Waals surface area contributed by atoms with Crippen LogP contribution in [0.15, 0.2) is 29.3 Å². The fourth-order valence-electron chi connectivity index (χ4n) is 2.02. The zero-order valence-electron chi connectivity index (χ0n) is 12.8. The molecule has 2 rings (SSSR count). The number of hydrogen-bond donors (Lipinski definition) is 1. The number of nitrogens with one attached hydrogen (secondary N) is 1. The van der Waals surface area contributed by atoms with Crippen molar-refractivity contribution in [1.29, 1.82) is 0 Å². The number of aliphatic imine (C=N–C) groups is 1. The lowest BCUT2D eigenvalue weighted by Crippen LogP contribution is -2.41. The number of esters is 1. The van der Waals surface area contributed by atoms with Gasteiger partial charge in [-0.2, -0.15) is 0 Å². The zero-order valence-corrected chi connectivity index (χ0v) is 12.8. The lowest BCUT2D eigenvalue weighted by atomic mass is 9.94. The second-order valence-corrected chi connectivity index (χ2v) is 5.94. The number of hydrogen-bond acceptors (Lipinski definition) is 5. The average Bonchev–Trinajstić information content (AvgIpc) is 2.44. The standard InChI is InChI=1S/C16H18N2O4/c1-16(2,3)22-13(19)9-18-15(21)11-8-17-12-7-5-4-6-10(12)14(11)20/h4-8,11H,9H2,1-3H3,(H,18,21). The molecule has 0 saturated heterocycles. The normalized spacial score (nSPS) is 16.9. The number of ketones is 1. The lowest BCUT2D eigenvalue weighted by Gasteiger charge is -2.20. The number of ether oxygens (including phenoxy) is 1. The van der Waals surface area contributed by atoms with Crippen LogP contribution in [-0.4, -0.2) is 36.0 Å². The summed E-state index contributed by atoms with van der Waals surface area (Å²) in [5, 5.41) is 2.41. The van der Waals surface area contributed by atoms with E-state index in [1.54, 1.807) is 45.0 Å². The number of carbonyl (C=O) groups is 3. The van der Waals surface area contributed by atoms with Crippen LogP contribution in [0.5, 0.6) is 0 Å². The van der Waals surface area contributed by atoms with Crippen LogP contribution in [0.25, 0.3) is 0 Å². The molecule has 0 fully saturated rings. The van der Waals surface area contributed by atoms with Gasteiger partial charge in [0.05, 0.1) is 5.69 Å². The summed E-state index contributed by atoms with van der Waals surface area (Å²) >= 11 is 0. The molecule has 1 aromatic carbocycles. The molecule has 0 spiro atoms. The van der Waals surface area contributed by atoms with Gasteiger partial charge >= 0.3 is 5.97 Å².